The van der Waals surface area contributed by atoms with Crippen LogP contribution in [0.25, 0.3) is 5.69 Å². The molecule has 6 nitrogen and oxygen atoms in total. The van der Waals surface area contributed by atoms with Gasteiger partial charge in [-0.05, 0) is 38.1 Å². The van der Waals surface area contributed by atoms with Crippen molar-refractivity contribution in [2.45, 2.75) is 19.9 Å². The summed E-state index contributed by atoms with van der Waals surface area (Å²) < 4.78 is 7.69. The van der Waals surface area contributed by atoms with Crippen LogP contribution in [0.1, 0.15) is 38.9 Å². The molecule has 6 heteroatoms. The second-order valence-electron chi connectivity index (χ2n) is 7.36. The second kappa shape index (κ2) is 7.15. The number of aryl methyl sites for hydroxylation is 1. The van der Waals surface area contributed by atoms with E-state index < -0.39 is 0 Å². The zero-order valence-electron chi connectivity index (χ0n) is 16.7. The number of carbonyl (C=O) groups excluding carboxylic acids is 1. The van der Waals surface area contributed by atoms with Crippen molar-refractivity contribution in [1.82, 2.24) is 20.3 Å². The molecule has 1 amide bonds. The van der Waals surface area contributed by atoms with E-state index >= 15 is 0 Å². The van der Waals surface area contributed by atoms with Gasteiger partial charge >= 0.3 is 0 Å². The minimum absolute atomic E-state index is 0.276. The maximum atomic E-state index is 13.2. The summed E-state index contributed by atoms with van der Waals surface area (Å²) in [5, 5.41) is 11.5. The lowest BCUT2D eigenvalue weighted by molar-refractivity contribution is 0.0935. The molecule has 0 radical (unpaired) electrons. The van der Waals surface area contributed by atoms with Crippen molar-refractivity contribution >= 4 is 5.91 Å². The molecule has 0 atom stereocenters. The number of rotatable bonds is 3. The van der Waals surface area contributed by atoms with Crippen LogP contribution in [0.4, 0.5) is 0 Å². The molecular formula is C24H20N4O2. The van der Waals surface area contributed by atoms with Crippen LogP contribution in [0, 0.1) is 13.8 Å². The average molecular weight is 396 g/mol. The third kappa shape index (κ3) is 3.03. The monoisotopic (exact) mass is 396 g/mol. The van der Waals surface area contributed by atoms with Crippen LogP contribution in [-0.2, 0) is 0 Å². The fourth-order valence-corrected chi connectivity index (χ4v) is 3.74. The first-order chi connectivity index (χ1) is 14.6. The first-order valence-corrected chi connectivity index (χ1v) is 9.78. The van der Waals surface area contributed by atoms with E-state index in [0.29, 0.717) is 11.4 Å². The number of nitrogens with one attached hydrogen (secondary N) is 1. The third-order valence-corrected chi connectivity index (χ3v) is 5.34. The largest absolute Gasteiger partial charge is 0.457 e. The fraction of sp³-hybridized carbons (Fsp3) is 0.125. The SMILES string of the molecule is Cc1ccc(-n2nnc(C(=O)NC3c4ccccc4Oc4ccccc43)c2C)cc1. The fourth-order valence-electron chi connectivity index (χ4n) is 3.74. The van der Waals surface area contributed by atoms with Crippen molar-refractivity contribution in [2.75, 3.05) is 0 Å². The van der Waals surface area contributed by atoms with E-state index in [1.165, 1.54) is 0 Å². The summed E-state index contributed by atoms with van der Waals surface area (Å²) in [7, 11) is 0. The molecule has 148 valence electrons. The Morgan fingerprint density at radius 3 is 2.13 bits per heavy atom. The van der Waals surface area contributed by atoms with Gasteiger partial charge in [-0.3, -0.25) is 4.79 Å². The molecule has 0 saturated heterocycles. The highest BCUT2D eigenvalue weighted by molar-refractivity contribution is 5.94. The molecule has 0 bridgehead atoms. The Morgan fingerprint density at radius 2 is 1.50 bits per heavy atom. The van der Waals surface area contributed by atoms with Crippen molar-refractivity contribution in [3.8, 4) is 17.2 Å². The Morgan fingerprint density at radius 1 is 0.900 bits per heavy atom. The summed E-state index contributed by atoms with van der Waals surface area (Å²) in [6, 6.07) is 23.1. The summed E-state index contributed by atoms with van der Waals surface area (Å²) in [5.41, 5.74) is 4.83. The average Bonchev–Trinajstić information content (AvgIpc) is 3.15. The standard InChI is InChI=1S/C24H20N4O2/c1-15-11-13-17(14-12-15)28-16(2)22(26-27-28)24(29)25-23-18-7-3-5-9-20(18)30-21-10-6-4-8-19(21)23/h3-14,23H,1-2H3,(H,25,29). The zero-order valence-corrected chi connectivity index (χ0v) is 16.7. The second-order valence-corrected chi connectivity index (χ2v) is 7.36. The highest BCUT2D eigenvalue weighted by atomic mass is 16.5. The van der Waals surface area contributed by atoms with Gasteiger partial charge in [0.1, 0.15) is 11.5 Å². The van der Waals surface area contributed by atoms with Gasteiger partial charge in [-0.25, -0.2) is 4.68 Å². The molecule has 30 heavy (non-hydrogen) atoms. The summed E-state index contributed by atoms with van der Waals surface area (Å²) >= 11 is 0. The van der Waals surface area contributed by atoms with Crippen LogP contribution in [0.15, 0.2) is 72.8 Å². The third-order valence-electron chi connectivity index (χ3n) is 5.34. The van der Waals surface area contributed by atoms with Crippen molar-refractivity contribution in [3.63, 3.8) is 0 Å². The zero-order chi connectivity index (χ0) is 20.7. The highest BCUT2D eigenvalue weighted by Gasteiger charge is 2.29. The summed E-state index contributed by atoms with van der Waals surface area (Å²) in [5.74, 6) is 1.20. The summed E-state index contributed by atoms with van der Waals surface area (Å²) in [6.07, 6.45) is 0. The molecule has 1 aliphatic heterocycles. The first kappa shape index (κ1) is 18.1. The predicted octanol–water partition coefficient (Wildman–Crippen LogP) is 4.51. The molecule has 2 heterocycles. The summed E-state index contributed by atoms with van der Waals surface area (Å²) in [6.45, 7) is 3.88. The molecule has 5 rings (SSSR count). The van der Waals surface area contributed by atoms with Gasteiger partial charge in [0.05, 0.1) is 17.4 Å². The topological polar surface area (TPSA) is 69.0 Å². The smallest absolute Gasteiger partial charge is 0.274 e. The van der Waals surface area contributed by atoms with Gasteiger partial charge in [0.15, 0.2) is 5.69 Å². The maximum Gasteiger partial charge on any atom is 0.274 e. The molecule has 1 N–H and O–H groups in total. The van der Waals surface area contributed by atoms with Crippen LogP contribution in [0.3, 0.4) is 0 Å². The molecule has 4 aromatic rings. The highest BCUT2D eigenvalue weighted by Crippen LogP contribution is 2.42. The number of nitrogens with zero attached hydrogens (tertiary/aromatic N) is 3. The van der Waals surface area contributed by atoms with Crippen LogP contribution in [0.2, 0.25) is 0 Å². The molecule has 0 fully saturated rings. The van der Waals surface area contributed by atoms with Gasteiger partial charge in [-0.2, -0.15) is 0 Å². The number of hydrogen-bond acceptors (Lipinski definition) is 4. The Hall–Kier alpha value is -3.93. The van der Waals surface area contributed by atoms with E-state index in [-0.39, 0.29) is 11.9 Å². The van der Waals surface area contributed by atoms with E-state index in [9.17, 15) is 4.79 Å². The maximum absolute atomic E-state index is 13.2. The van der Waals surface area contributed by atoms with Gasteiger partial charge in [0.25, 0.3) is 5.91 Å². The lowest BCUT2D eigenvalue weighted by atomic mass is 9.94. The van der Waals surface area contributed by atoms with Crippen LogP contribution >= 0.6 is 0 Å². The van der Waals surface area contributed by atoms with E-state index in [0.717, 1.165) is 33.9 Å². The number of aromatic nitrogens is 3. The number of amides is 1. The molecule has 1 aromatic heterocycles. The van der Waals surface area contributed by atoms with Gasteiger partial charge in [-0.1, -0.05) is 59.3 Å². The van der Waals surface area contributed by atoms with Crippen molar-refractivity contribution in [2.24, 2.45) is 0 Å². The van der Waals surface area contributed by atoms with Crippen molar-refractivity contribution in [1.29, 1.82) is 0 Å². The number of carbonyl (C=O) groups is 1. The number of para-hydroxylation sites is 2. The van der Waals surface area contributed by atoms with E-state index in [1.54, 1.807) is 4.68 Å². The van der Waals surface area contributed by atoms with Crippen LogP contribution in [-0.4, -0.2) is 20.9 Å². The van der Waals surface area contributed by atoms with Gasteiger partial charge < -0.3 is 10.1 Å². The van der Waals surface area contributed by atoms with Crippen molar-refractivity contribution in [3.05, 3.63) is 101 Å². The molecule has 3 aromatic carbocycles. The summed E-state index contributed by atoms with van der Waals surface area (Å²) in [4.78, 5) is 13.2. The lowest BCUT2D eigenvalue weighted by Crippen LogP contribution is -2.32. The number of hydrogen-bond donors (Lipinski definition) is 1. The number of ether oxygens (including phenoxy) is 1. The number of benzene rings is 3. The molecule has 0 unspecified atom stereocenters. The lowest BCUT2D eigenvalue weighted by Gasteiger charge is -2.28. The van der Waals surface area contributed by atoms with E-state index in [2.05, 4.69) is 15.6 Å². The molecule has 0 spiro atoms. The number of fused-ring (bicyclic) bond motifs is 2. The molecule has 0 aliphatic carbocycles. The van der Waals surface area contributed by atoms with Gasteiger partial charge in [0.2, 0.25) is 0 Å². The van der Waals surface area contributed by atoms with Gasteiger partial charge in [-0.15, -0.1) is 5.10 Å². The predicted molar refractivity (Wildman–Crippen MR) is 113 cm³/mol. The molecular weight excluding hydrogens is 376 g/mol. The molecule has 1 aliphatic rings. The van der Waals surface area contributed by atoms with Crippen LogP contribution in [0.5, 0.6) is 11.5 Å². The quantitative estimate of drug-likeness (QED) is 0.553. The Labute approximate surface area is 174 Å². The Bertz CT molecular complexity index is 1200. The first-order valence-electron chi connectivity index (χ1n) is 9.78. The van der Waals surface area contributed by atoms with Crippen molar-refractivity contribution < 1.29 is 9.53 Å². The normalized spacial score (nSPS) is 12.6. The van der Waals surface area contributed by atoms with Gasteiger partial charge in [0, 0.05) is 11.1 Å². The Balaban J connectivity index is 1.49. The van der Waals surface area contributed by atoms with Crippen LogP contribution < -0.4 is 10.1 Å². The Kier molecular flexibility index (Phi) is 4.32. The minimum Gasteiger partial charge on any atom is -0.457 e. The van der Waals surface area contributed by atoms with E-state index in [1.807, 2.05) is 86.6 Å². The minimum atomic E-state index is -0.331. The molecule has 0 saturated carbocycles. The van der Waals surface area contributed by atoms with E-state index in [4.69, 9.17) is 4.74 Å².